The van der Waals surface area contributed by atoms with Crippen LogP contribution >= 0.6 is 22.9 Å². The Kier molecular flexibility index (Phi) is 4.37. The SMILES string of the molecule is COCCCN(C)c1nc(Cl)nc2sc(C)cc12. The lowest BCUT2D eigenvalue weighted by atomic mass is 10.3. The van der Waals surface area contributed by atoms with E-state index in [-0.39, 0.29) is 0 Å². The number of nitrogens with zero attached hydrogens (tertiary/aromatic N) is 3. The molecule has 4 nitrogen and oxygen atoms in total. The van der Waals surface area contributed by atoms with Gasteiger partial charge in [0.25, 0.3) is 0 Å². The van der Waals surface area contributed by atoms with Crippen molar-refractivity contribution in [3.8, 4) is 0 Å². The molecule has 0 saturated carbocycles. The van der Waals surface area contributed by atoms with Gasteiger partial charge >= 0.3 is 0 Å². The van der Waals surface area contributed by atoms with E-state index in [9.17, 15) is 0 Å². The van der Waals surface area contributed by atoms with Crippen molar-refractivity contribution in [1.82, 2.24) is 9.97 Å². The molecule has 0 amide bonds. The van der Waals surface area contributed by atoms with Crippen LogP contribution in [-0.2, 0) is 4.74 Å². The zero-order chi connectivity index (χ0) is 13.1. The van der Waals surface area contributed by atoms with Crippen molar-refractivity contribution in [3.63, 3.8) is 0 Å². The van der Waals surface area contributed by atoms with Gasteiger partial charge < -0.3 is 9.64 Å². The van der Waals surface area contributed by atoms with Crippen LogP contribution in [-0.4, -0.2) is 37.3 Å². The smallest absolute Gasteiger partial charge is 0.225 e. The van der Waals surface area contributed by atoms with Crippen molar-refractivity contribution in [3.05, 3.63) is 16.2 Å². The molecule has 6 heteroatoms. The number of halogens is 1. The maximum absolute atomic E-state index is 5.97. The van der Waals surface area contributed by atoms with Crippen LogP contribution in [0.3, 0.4) is 0 Å². The molecule has 0 saturated heterocycles. The number of aryl methyl sites for hydroxylation is 1. The minimum absolute atomic E-state index is 0.304. The third-order valence-corrected chi connectivity index (χ3v) is 3.79. The highest BCUT2D eigenvalue weighted by Gasteiger charge is 2.12. The molecule has 2 aromatic rings. The Hall–Kier alpha value is -0.910. The molecule has 0 aliphatic rings. The molecule has 2 rings (SSSR count). The van der Waals surface area contributed by atoms with E-state index in [4.69, 9.17) is 16.3 Å². The number of thiophene rings is 1. The number of aromatic nitrogens is 2. The Morgan fingerprint density at radius 2 is 2.22 bits per heavy atom. The highest BCUT2D eigenvalue weighted by Crippen LogP contribution is 2.31. The van der Waals surface area contributed by atoms with Gasteiger partial charge in [0.15, 0.2) is 0 Å². The molecule has 0 aliphatic carbocycles. The summed E-state index contributed by atoms with van der Waals surface area (Å²) in [5, 5.41) is 1.37. The fourth-order valence-electron chi connectivity index (χ4n) is 1.84. The summed E-state index contributed by atoms with van der Waals surface area (Å²) in [4.78, 5) is 12.9. The zero-order valence-electron chi connectivity index (χ0n) is 10.7. The molecule has 2 aromatic heterocycles. The number of fused-ring (bicyclic) bond motifs is 1. The number of anilines is 1. The highest BCUT2D eigenvalue weighted by molar-refractivity contribution is 7.18. The summed E-state index contributed by atoms with van der Waals surface area (Å²) in [7, 11) is 3.72. The van der Waals surface area contributed by atoms with Crippen molar-refractivity contribution in [2.75, 3.05) is 32.2 Å². The van der Waals surface area contributed by atoms with Gasteiger partial charge in [-0.05, 0) is 31.0 Å². The van der Waals surface area contributed by atoms with Gasteiger partial charge in [0.1, 0.15) is 10.6 Å². The van der Waals surface area contributed by atoms with Crippen LogP contribution < -0.4 is 4.90 Å². The summed E-state index contributed by atoms with van der Waals surface area (Å²) in [6.07, 6.45) is 0.958. The number of hydrogen-bond acceptors (Lipinski definition) is 5. The molecule has 0 bridgehead atoms. The Bertz CT molecular complexity index is 543. The Morgan fingerprint density at radius 1 is 1.44 bits per heavy atom. The summed E-state index contributed by atoms with van der Waals surface area (Å²) in [5.41, 5.74) is 0. The van der Waals surface area contributed by atoms with Crippen LogP contribution in [0.4, 0.5) is 5.82 Å². The van der Waals surface area contributed by atoms with Crippen LogP contribution in [0.5, 0.6) is 0 Å². The average molecular weight is 286 g/mol. The van der Waals surface area contributed by atoms with Crippen LogP contribution in [0, 0.1) is 6.92 Å². The van der Waals surface area contributed by atoms with Gasteiger partial charge in [-0.15, -0.1) is 11.3 Å². The Balaban J connectivity index is 2.30. The molecule has 0 N–H and O–H groups in total. The van der Waals surface area contributed by atoms with E-state index >= 15 is 0 Å². The van der Waals surface area contributed by atoms with Crippen LogP contribution in [0.15, 0.2) is 6.07 Å². The molecule has 0 fully saturated rings. The number of hydrogen-bond donors (Lipinski definition) is 0. The van der Waals surface area contributed by atoms with E-state index < -0.39 is 0 Å². The maximum atomic E-state index is 5.97. The van der Waals surface area contributed by atoms with Gasteiger partial charge in [-0.3, -0.25) is 0 Å². The van der Waals surface area contributed by atoms with E-state index in [0.29, 0.717) is 5.28 Å². The molecular weight excluding hydrogens is 270 g/mol. The third-order valence-electron chi connectivity index (χ3n) is 2.67. The lowest BCUT2D eigenvalue weighted by Crippen LogP contribution is -2.21. The van der Waals surface area contributed by atoms with Gasteiger partial charge in [0.05, 0.1) is 5.39 Å². The van der Waals surface area contributed by atoms with E-state index in [2.05, 4.69) is 27.9 Å². The average Bonchev–Trinajstić information content (AvgIpc) is 2.68. The largest absolute Gasteiger partial charge is 0.385 e. The quantitative estimate of drug-likeness (QED) is 0.625. The van der Waals surface area contributed by atoms with E-state index in [0.717, 1.165) is 35.6 Å². The molecule has 98 valence electrons. The summed E-state index contributed by atoms with van der Waals surface area (Å²) < 4.78 is 5.06. The molecule has 0 aliphatic heterocycles. The maximum Gasteiger partial charge on any atom is 0.225 e. The van der Waals surface area contributed by atoms with Gasteiger partial charge in [-0.1, -0.05) is 0 Å². The van der Waals surface area contributed by atoms with Crippen molar-refractivity contribution >= 4 is 39.0 Å². The third kappa shape index (κ3) is 2.91. The highest BCUT2D eigenvalue weighted by atomic mass is 35.5. The Labute approximate surface area is 116 Å². The predicted octanol–water partition coefficient (Wildman–Crippen LogP) is 3.13. The topological polar surface area (TPSA) is 38.2 Å². The minimum Gasteiger partial charge on any atom is -0.385 e. The van der Waals surface area contributed by atoms with Gasteiger partial charge in [-0.25, -0.2) is 4.98 Å². The molecule has 0 atom stereocenters. The van der Waals surface area contributed by atoms with Crippen LogP contribution in [0.1, 0.15) is 11.3 Å². The predicted molar refractivity (Wildman–Crippen MR) is 76.9 cm³/mol. The Morgan fingerprint density at radius 3 is 2.94 bits per heavy atom. The fraction of sp³-hybridized carbons (Fsp3) is 0.500. The molecule has 0 spiro atoms. The van der Waals surface area contributed by atoms with Crippen molar-refractivity contribution in [2.24, 2.45) is 0 Å². The fourth-order valence-corrected chi connectivity index (χ4v) is 2.93. The second-order valence-corrected chi connectivity index (χ2v) is 5.73. The zero-order valence-corrected chi connectivity index (χ0v) is 12.3. The summed E-state index contributed by atoms with van der Waals surface area (Å²) >= 11 is 7.61. The van der Waals surface area contributed by atoms with Crippen molar-refractivity contribution in [2.45, 2.75) is 13.3 Å². The van der Waals surface area contributed by atoms with Gasteiger partial charge in [0, 0.05) is 32.2 Å². The van der Waals surface area contributed by atoms with Crippen LogP contribution in [0.2, 0.25) is 5.28 Å². The van der Waals surface area contributed by atoms with E-state index in [1.807, 2.05) is 7.05 Å². The molecular formula is C12H16ClN3OS. The molecule has 0 radical (unpaired) electrons. The van der Waals surface area contributed by atoms with Crippen molar-refractivity contribution < 1.29 is 4.74 Å². The first kappa shape index (κ1) is 13.5. The lowest BCUT2D eigenvalue weighted by molar-refractivity contribution is 0.196. The summed E-state index contributed by atoms with van der Waals surface area (Å²) in [5.74, 6) is 0.894. The first-order valence-corrected chi connectivity index (χ1v) is 6.95. The second-order valence-electron chi connectivity index (χ2n) is 4.16. The summed E-state index contributed by atoms with van der Waals surface area (Å²) in [6.45, 7) is 3.69. The first-order chi connectivity index (χ1) is 8.61. The normalized spacial score (nSPS) is 11.1. The lowest BCUT2D eigenvalue weighted by Gasteiger charge is -2.18. The number of ether oxygens (including phenoxy) is 1. The monoisotopic (exact) mass is 285 g/mol. The van der Waals surface area contributed by atoms with E-state index in [1.54, 1.807) is 18.4 Å². The standard InChI is InChI=1S/C12H16ClN3OS/c1-8-7-9-10(16(2)5-4-6-17-3)14-12(13)15-11(9)18-8/h7H,4-6H2,1-3H3. The molecule has 18 heavy (non-hydrogen) atoms. The molecule has 0 unspecified atom stereocenters. The van der Waals surface area contributed by atoms with Gasteiger partial charge in [0.2, 0.25) is 5.28 Å². The van der Waals surface area contributed by atoms with E-state index in [1.165, 1.54) is 4.88 Å². The molecule has 0 aromatic carbocycles. The number of methoxy groups -OCH3 is 1. The first-order valence-electron chi connectivity index (χ1n) is 5.75. The van der Waals surface area contributed by atoms with Crippen LogP contribution in [0.25, 0.3) is 10.2 Å². The second kappa shape index (κ2) is 5.82. The van der Waals surface area contributed by atoms with Crippen molar-refractivity contribution in [1.29, 1.82) is 0 Å². The number of rotatable bonds is 5. The minimum atomic E-state index is 0.304. The summed E-state index contributed by atoms with van der Waals surface area (Å²) in [6, 6.07) is 2.11. The van der Waals surface area contributed by atoms with Gasteiger partial charge in [-0.2, -0.15) is 4.98 Å². The molecule has 2 heterocycles.